The van der Waals surface area contributed by atoms with Gasteiger partial charge in [0.15, 0.2) is 12.0 Å². The van der Waals surface area contributed by atoms with Gasteiger partial charge in [0.2, 0.25) is 0 Å². The average Bonchev–Trinajstić information content (AvgIpc) is 2.05. The zero-order valence-electron chi connectivity index (χ0n) is 7.34. The van der Waals surface area contributed by atoms with Crippen LogP contribution in [-0.4, -0.2) is 11.4 Å². The third-order valence-corrected chi connectivity index (χ3v) is 2.30. The van der Waals surface area contributed by atoms with Gasteiger partial charge in [0.25, 0.3) is 0 Å². The van der Waals surface area contributed by atoms with Gasteiger partial charge in [-0.05, 0) is 25.5 Å². The van der Waals surface area contributed by atoms with E-state index in [0.717, 1.165) is 5.56 Å². The molecule has 0 aromatic heterocycles. The van der Waals surface area contributed by atoms with Crippen molar-refractivity contribution in [1.29, 1.82) is 0 Å². The first kappa shape index (κ1) is 10.6. The Bertz CT molecular complexity index is 311. The fourth-order valence-electron chi connectivity index (χ4n) is 0.910. The van der Waals surface area contributed by atoms with E-state index in [1.54, 1.807) is 12.1 Å². The zero-order valence-corrected chi connectivity index (χ0v) is 8.86. The highest BCUT2D eigenvalue weighted by Crippen LogP contribution is 2.35. The summed E-state index contributed by atoms with van der Waals surface area (Å²) in [6, 6.07) is 3.47. The van der Waals surface area contributed by atoms with E-state index in [0.29, 0.717) is 15.8 Å². The van der Waals surface area contributed by atoms with E-state index in [9.17, 15) is 0 Å². The second-order valence-electron chi connectivity index (χ2n) is 2.72. The smallest absolute Gasteiger partial charge is 0.194 e. The van der Waals surface area contributed by atoms with E-state index in [1.807, 2.05) is 6.92 Å². The number of ether oxygens (including phenoxy) is 1. The fourth-order valence-corrected chi connectivity index (χ4v) is 1.37. The summed E-state index contributed by atoms with van der Waals surface area (Å²) in [7, 11) is 0. The van der Waals surface area contributed by atoms with Crippen molar-refractivity contribution >= 4 is 23.2 Å². The molecular formula is C9H10Cl2O2. The van der Waals surface area contributed by atoms with E-state index >= 15 is 0 Å². The van der Waals surface area contributed by atoms with Crippen LogP contribution in [-0.2, 0) is 0 Å². The highest BCUT2D eigenvalue weighted by atomic mass is 35.5. The van der Waals surface area contributed by atoms with Crippen molar-refractivity contribution in [2.45, 2.75) is 20.1 Å². The number of halogens is 2. The van der Waals surface area contributed by atoms with Crippen LogP contribution >= 0.6 is 23.2 Å². The van der Waals surface area contributed by atoms with Crippen LogP contribution in [0.4, 0.5) is 0 Å². The standard InChI is InChI=1S/C9H10Cl2O2/c1-5-3-4-7(10)9(8(5)11)13-6(2)12/h3-4,6,12H,1-2H3. The van der Waals surface area contributed by atoms with Gasteiger partial charge < -0.3 is 9.84 Å². The molecule has 0 saturated heterocycles. The van der Waals surface area contributed by atoms with Crippen molar-refractivity contribution in [3.05, 3.63) is 27.7 Å². The Hall–Kier alpha value is -0.440. The molecule has 1 rings (SSSR count). The van der Waals surface area contributed by atoms with Crippen molar-refractivity contribution in [2.24, 2.45) is 0 Å². The molecule has 0 fully saturated rings. The molecule has 1 N–H and O–H groups in total. The normalized spacial score (nSPS) is 12.7. The van der Waals surface area contributed by atoms with E-state index in [1.165, 1.54) is 6.92 Å². The molecule has 0 aliphatic heterocycles. The SMILES string of the molecule is Cc1ccc(Cl)c(OC(C)O)c1Cl. The Morgan fingerprint density at radius 3 is 2.54 bits per heavy atom. The summed E-state index contributed by atoms with van der Waals surface area (Å²) in [4.78, 5) is 0. The number of rotatable bonds is 2. The highest BCUT2D eigenvalue weighted by molar-refractivity contribution is 6.37. The molecule has 13 heavy (non-hydrogen) atoms. The van der Waals surface area contributed by atoms with Gasteiger partial charge in [0, 0.05) is 0 Å². The zero-order chi connectivity index (χ0) is 10.0. The lowest BCUT2D eigenvalue weighted by atomic mass is 10.2. The van der Waals surface area contributed by atoms with Gasteiger partial charge in [-0.3, -0.25) is 0 Å². The molecule has 0 spiro atoms. The first-order chi connectivity index (χ1) is 6.02. The maximum absolute atomic E-state index is 9.01. The number of hydrogen-bond donors (Lipinski definition) is 1. The molecule has 0 amide bonds. The second kappa shape index (κ2) is 4.18. The van der Waals surface area contributed by atoms with Gasteiger partial charge in [-0.1, -0.05) is 29.3 Å². The van der Waals surface area contributed by atoms with Crippen LogP contribution in [0, 0.1) is 6.92 Å². The van der Waals surface area contributed by atoms with Crippen LogP contribution in [0.2, 0.25) is 10.0 Å². The average molecular weight is 221 g/mol. The quantitative estimate of drug-likeness (QED) is 0.777. The molecule has 0 saturated carbocycles. The molecule has 1 aromatic rings. The van der Waals surface area contributed by atoms with Crippen molar-refractivity contribution < 1.29 is 9.84 Å². The van der Waals surface area contributed by atoms with Gasteiger partial charge in [-0.15, -0.1) is 0 Å². The summed E-state index contributed by atoms with van der Waals surface area (Å²) < 4.78 is 5.05. The molecule has 0 aliphatic carbocycles. The lowest BCUT2D eigenvalue weighted by molar-refractivity contribution is -0.000183. The maximum atomic E-state index is 9.01. The molecule has 1 aromatic carbocycles. The van der Waals surface area contributed by atoms with Gasteiger partial charge in [0.1, 0.15) is 0 Å². The third-order valence-electron chi connectivity index (χ3n) is 1.53. The predicted octanol–water partition coefficient (Wildman–Crippen LogP) is 3.02. The first-order valence-corrected chi connectivity index (χ1v) is 4.57. The van der Waals surface area contributed by atoms with Crippen LogP contribution in [0.15, 0.2) is 12.1 Å². The highest BCUT2D eigenvalue weighted by Gasteiger charge is 2.11. The molecule has 1 atom stereocenters. The summed E-state index contributed by atoms with van der Waals surface area (Å²) >= 11 is 11.7. The Labute approximate surface area is 87.0 Å². The molecule has 1 unspecified atom stereocenters. The summed E-state index contributed by atoms with van der Waals surface area (Å²) in [6.07, 6.45) is -0.920. The third kappa shape index (κ3) is 2.50. The summed E-state index contributed by atoms with van der Waals surface area (Å²) in [5, 5.41) is 9.84. The van der Waals surface area contributed by atoms with Gasteiger partial charge in [-0.2, -0.15) is 0 Å². The van der Waals surface area contributed by atoms with Crippen molar-refractivity contribution in [3.8, 4) is 5.75 Å². The topological polar surface area (TPSA) is 29.5 Å². The number of hydrogen-bond acceptors (Lipinski definition) is 2. The second-order valence-corrected chi connectivity index (χ2v) is 3.51. The molecule has 0 heterocycles. The van der Waals surface area contributed by atoms with Gasteiger partial charge in [0.05, 0.1) is 10.0 Å². The van der Waals surface area contributed by atoms with E-state index < -0.39 is 6.29 Å². The summed E-state index contributed by atoms with van der Waals surface area (Å²) in [6.45, 7) is 3.34. The molecule has 4 heteroatoms. The van der Waals surface area contributed by atoms with Crippen molar-refractivity contribution in [1.82, 2.24) is 0 Å². The fraction of sp³-hybridized carbons (Fsp3) is 0.333. The lowest BCUT2D eigenvalue weighted by Crippen LogP contribution is -2.10. The molecule has 0 bridgehead atoms. The predicted molar refractivity (Wildman–Crippen MR) is 53.5 cm³/mol. The van der Waals surface area contributed by atoms with Crippen molar-refractivity contribution in [3.63, 3.8) is 0 Å². The largest absolute Gasteiger partial charge is 0.462 e. The molecule has 0 aliphatic rings. The molecule has 0 radical (unpaired) electrons. The summed E-state index contributed by atoms with van der Waals surface area (Å²) in [5.41, 5.74) is 0.863. The van der Waals surface area contributed by atoms with Crippen LogP contribution in [0.5, 0.6) is 5.75 Å². The number of benzene rings is 1. The van der Waals surface area contributed by atoms with Gasteiger partial charge in [-0.25, -0.2) is 0 Å². The van der Waals surface area contributed by atoms with Crippen molar-refractivity contribution in [2.75, 3.05) is 0 Å². The van der Waals surface area contributed by atoms with Gasteiger partial charge >= 0.3 is 0 Å². The lowest BCUT2D eigenvalue weighted by Gasteiger charge is -2.12. The van der Waals surface area contributed by atoms with Crippen LogP contribution < -0.4 is 4.74 Å². The van der Waals surface area contributed by atoms with Crippen LogP contribution in [0.1, 0.15) is 12.5 Å². The van der Waals surface area contributed by atoms with Crippen LogP contribution in [0.25, 0.3) is 0 Å². The monoisotopic (exact) mass is 220 g/mol. The first-order valence-electron chi connectivity index (χ1n) is 3.81. The Morgan fingerprint density at radius 1 is 1.38 bits per heavy atom. The van der Waals surface area contributed by atoms with E-state index in [4.69, 9.17) is 33.0 Å². The minimum Gasteiger partial charge on any atom is -0.462 e. The maximum Gasteiger partial charge on any atom is 0.194 e. The minimum atomic E-state index is -0.920. The number of aliphatic hydroxyl groups is 1. The molecule has 72 valence electrons. The van der Waals surface area contributed by atoms with E-state index in [-0.39, 0.29) is 0 Å². The molecular weight excluding hydrogens is 211 g/mol. The Kier molecular flexibility index (Phi) is 3.42. The number of aryl methyl sites for hydroxylation is 1. The van der Waals surface area contributed by atoms with Crippen LogP contribution in [0.3, 0.4) is 0 Å². The summed E-state index contributed by atoms with van der Waals surface area (Å²) in [5.74, 6) is 0.332. The van der Waals surface area contributed by atoms with E-state index in [2.05, 4.69) is 0 Å². The number of aliphatic hydroxyl groups excluding tert-OH is 1. The Morgan fingerprint density at radius 2 is 2.00 bits per heavy atom. The Balaban J connectivity index is 3.10. The molecule has 2 nitrogen and oxygen atoms in total. The minimum absolute atomic E-state index is 0.332.